The third-order valence-corrected chi connectivity index (χ3v) is 8.67. The van der Waals surface area contributed by atoms with Gasteiger partial charge in [-0.15, -0.1) is 11.3 Å². The number of hydrogen-bond acceptors (Lipinski definition) is 6. The van der Waals surface area contributed by atoms with Crippen molar-refractivity contribution >= 4 is 28.9 Å². The predicted molar refractivity (Wildman–Crippen MR) is 132 cm³/mol. The summed E-state index contributed by atoms with van der Waals surface area (Å²) >= 11 is 1.35. The van der Waals surface area contributed by atoms with Crippen molar-refractivity contribution in [3.05, 3.63) is 51.7 Å². The predicted octanol–water partition coefficient (Wildman–Crippen LogP) is 3.84. The molecule has 0 spiro atoms. The van der Waals surface area contributed by atoms with E-state index < -0.39 is 23.2 Å². The van der Waals surface area contributed by atoms with Crippen LogP contribution in [0.1, 0.15) is 79.0 Å². The topological polar surface area (TPSA) is 105 Å². The summed E-state index contributed by atoms with van der Waals surface area (Å²) in [5, 5.41) is 5.47. The zero-order valence-corrected chi connectivity index (χ0v) is 21.1. The number of nitrogens with one attached hydrogen (secondary N) is 1. The highest BCUT2D eigenvalue weighted by Crippen LogP contribution is 2.41. The van der Waals surface area contributed by atoms with E-state index in [4.69, 9.17) is 5.73 Å². The zero-order chi connectivity index (χ0) is 25.2. The van der Waals surface area contributed by atoms with Gasteiger partial charge in [0.05, 0.1) is 12.0 Å². The van der Waals surface area contributed by atoms with E-state index in [1.54, 1.807) is 19.4 Å². The standard InChI is InChI=1S/C26H33FN4O3S/c1-26(29-2,25(28)34)21(16-7-4-3-5-8-16)24(33)31-14-6-9-20(31)23-30-19(15-35-23)22(32)17-10-12-18(27)13-11-17/h10-13,15-16,20-21,29H,3-9,14H2,1-2H3,(H2,28,34)/t20-,21+,26?/m0/s1. The number of carbonyl (C=O) groups is 3. The van der Waals surface area contributed by atoms with Crippen molar-refractivity contribution in [1.82, 2.24) is 15.2 Å². The Morgan fingerprint density at radius 1 is 1.14 bits per heavy atom. The van der Waals surface area contributed by atoms with Crippen LogP contribution in [0, 0.1) is 17.7 Å². The molecule has 3 N–H and O–H groups in total. The molecule has 0 bridgehead atoms. The fourth-order valence-electron chi connectivity index (χ4n) is 5.58. The molecule has 1 aliphatic heterocycles. The van der Waals surface area contributed by atoms with Gasteiger partial charge < -0.3 is 16.0 Å². The van der Waals surface area contributed by atoms with Crippen molar-refractivity contribution in [2.45, 2.75) is 63.5 Å². The number of primary amides is 1. The number of likely N-dealkylation sites (tertiary alicyclic amines) is 1. The number of ketones is 1. The number of hydrogen-bond donors (Lipinski definition) is 2. The van der Waals surface area contributed by atoms with Crippen LogP contribution >= 0.6 is 11.3 Å². The van der Waals surface area contributed by atoms with Gasteiger partial charge in [-0.3, -0.25) is 14.4 Å². The van der Waals surface area contributed by atoms with Crippen LogP contribution in [0.2, 0.25) is 0 Å². The number of carbonyl (C=O) groups excluding carboxylic acids is 3. The molecule has 2 aliphatic rings. The van der Waals surface area contributed by atoms with Gasteiger partial charge in [0, 0.05) is 17.5 Å². The van der Waals surface area contributed by atoms with Gasteiger partial charge in [-0.2, -0.15) is 0 Å². The summed E-state index contributed by atoms with van der Waals surface area (Å²) in [7, 11) is 1.68. The first-order valence-electron chi connectivity index (χ1n) is 12.3. The quantitative estimate of drug-likeness (QED) is 0.536. The molecule has 1 saturated carbocycles. The van der Waals surface area contributed by atoms with Gasteiger partial charge in [0.25, 0.3) is 0 Å². The summed E-state index contributed by atoms with van der Waals surface area (Å²) < 4.78 is 13.2. The summed E-state index contributed by atoms with van der Waals surface area (Å²) in [5.41, 5.74) is 5.33. The molecule has 4 rings (SSSR count). The second-order valence-corrected chi connectivity index (χ2v) is 10.7. The van der Waals surface area contributed by atoms with Crippen LogP contribution in [-0.4, -0.2) is 46.6 Å². The highest BCUT2D eigenvalue weighted by Gasteiger charge is 2.50. The second-order valence-electron chi connectivity index (χ2n) is 9.79. The van der Waals surface area contributed by atoms with Crippen LogP contribution in [-0.2, 0) is 9.59 Å². The van der Waals surface area contributed by atoms with Crippen LogP contribution in [0.3, 0.4) is 0 Å². The molecule has 0 radical (unpaired) electrons. The van der Waals surface area contributed by atoms with Gasteiger partial charge in [0.2, 0.25) is 17.6 Å². The SMILES string of the molecule is CNC(C)(C(N)=O)[C@@H](C(=O)N1CCC[C@H]1c1nc(C(=O)c2ccc(F)cc2)cs1)C1CCCCC1. The lowest BCUT2D eigenvalue weighted by atomic mass is 9.69. The largest absolute Gasteiger partial charge is 0.368 e. The number of rotatable bonds is 8. The number of nitrogens with two attached hydrogens (primary N) is 1. The Balaban J connectivity index is 1.60. The zero-order valence-electron chi connectivity index (χ0n) is 20.3. The minimum atomic E-state index is -1.15. The van der Waals surface area contributed by atoms with E-state index in [2.05, 4.69) is 10.3 Å². The minimum absolute atomic E-state index is 0.0725. The fraction of sp³-hybridized carbons (Fsp3) is 0.538. The molecule has 1 aromatic carbocycles. The Morgan fingerprint density at radius 2 is 1.83 bits per heavy atom. The van der Waals surface area contributed by atoms with Crippen molar-refractivity contribution in [3.8, 4) is 0 Å². The maximum Gasteiger partial charge on any atom is 0.238 e. The lowest BCUT2D eigenvalue weighted by molar-refractivity contribution is -0.147. The lowest BCUT2D eigenvalue weighted by Crippen LogP contribution is -2.63. The highest BCUT2D eigenvalue weighted by molar-refractivity contribution is 7.10. The van der Waals surface area contributed by atoms with Gasteiger partial charge in [0.1, 0.15) is 22.1 Å². The maximum atomic E-state index is 14.1. The second kappa shape index (κ2) is 10.5. The summed E-state index contributed by atoms with van der Waals surface area (Å²) in [6, 6.07) is 5.14. The van der Waals surface area contributed by atoms with Crippen molar-refractivity contribution in [2.24, 2.45) is 17.6 Å². The molecular formula is C26H33FN4O3S. The van der Waals surface area contributed by atoms with Crippen LogP contribution in [0.25, 0.3) is 0 Å². The summed E-state index contributed by atoms with van der Waals surface area (Å²) in [6.45, 7) is 2.31. The number of halogens is 1. The number of aromatic nitrogens is 1. The smallest absolute Gasteiger partial charge is 0.238 e. The first-order chi connectivity index (χ1) is 16.8. The van der Waals surface area contributed by atoms with Crippen LogP contribution in [0.5, 0.6) is 0 Å². The number of thiazole rings is 1. The first kappa shape index (κ1) is 25.4. The average molecular weight is 501 g/mol. The molecule has 7 nitrogen and oxygen atoms in total. The Bertz CT molecular complexity index is 1080. The van der Waals surface area contributed by atoms with E-state index in [9.17, 15) is 18.8 Å². The summed E-state index contributed by atoms with van der Waals surface area (Å²) in [4.78, 5) is 45.9. The van der Waals surface area contributed by atoms with E-state index >= 15 is 0 Å². The van der Waals surface area contributed by atoms with Crippen LogP contribution < -0.4 is 11.1 Å². The van der Waals surface area contributed by atoms with Crippen molar-refractivity contribution < 1.29 is 18.8 Å². The first-order valence-corrected chi connectivity index (χ1v) is 13.2. The third-order valence-electron chi connectivity index (χ3n) is 7.72. The van der Waals surface area contributed by atoms with Gasteiger partial charge >= 0.3 is 0 Å². The van der Waals surface area contributed by atoms with E-state index in [1.807, 2.05) is 4.90 Å². The van der Waals surface area contributed by atoms with Gasteiger partial charge in [0.15, 0.2) is 0 Å². The Hall–Kier alpha value is -2.65. The molecular weight excluding hydrogens is 467 g/mol. The molecule has 35 heavy (non-hydrogen) atoms. The highest BCUT2D eigenvalue weighted by atomic mass is 32.1. The van der Waals surface area contributed by atoms with E-state index in [0.717, 1.165) is 44.9 Å². The van der Waals surface area contributed by atoms with E-state index in [1.165, 1.54) is 35.6 Å². The molecule has 3 atom stereocenters. The Labute approximate surface area is 209 Å². The van der Waals surface area contributed by atoms with E-state index in [-0.39, 0.29) is 29.3 Å². The summed E-state index contributed by atoms with van der Waals surface area (Å²) in [6.07, 6.45) is 6.57. The lowest BCUT2D eigenvalue weighted by Gasteiger charge is -2.42. The van der Waals surface area contributed by atoms with E-state index in [0.29, 0.717) is 17.1 Å². The van der Waals surface area contributed by atoms with Gasteiger partial charge in [-0.05, 0) is 69.8 Å². The Morgan fingerprint density at radius 3 is 2.46 bits per heavy atom. The molecule has 2 amide bonds. The van der Waals surface area contributed by atoms with Crippen LogP contribution in [0.4, 0.5) is 4.39 Å². The number of likely N-dealkylation sites (N-methyl/N-ethyl adjacent to an activating group) is 1. The number of benzene rings is 1. The number of nitrogens with zero attached hydrogens (tertiary/aromatic N) is 2. The van der Waals surface area contributed by atoms with Crippen molar-refractivity contribution in [3.63, 3.8) is 0 Å². The maximum absolute atomic E-state index is 14.1. The monoisotopic (exact) mass is 500 g/mol. The number of amides is 2. The van der Waals surface area contributed by atoms with Crippen LogP contribution in [0.15, 0.2) is 29.6 Å². The molecule has 1 aromatic heterocycles. The molecule has 2 aromatic rings. The van der Waals surface area contributed by atoms with Gasteiger partial charge in [-0.1, -0.05) is 19.3 Å². The Kier molecular flexibility index (Phi) is 7.66. The third kappa shape index (κ3) is 5.02. The minimum Gasteiger partial charge on any atom is -0.368 e. The molecule has 1 aliphatic carbocycles. The van der Waals surface area contributed by atoms with Crippen molar-refractivity contribution in [2.75, 3.05) is 13.6 Å². The summed E-state index contributed by atoms with van der Waals surface area (Å²) in [5.74, 6) is -1.77. The normalized spacial score (nSPS) is 21.5. The molecule has 1 unspecified atom stereocenters. The van der Waals surface area contributed by atoms with Gasteiger partial charge in [-0.25, -0.2) is 9.37 Å². The molecule has 1 saturated heterocycles. The fourth-order valence-corrected chi connectivity index (χ4v) is 6.52. The molecule has 2 fully saturated rings. The average Bonchev–Trinajstić information content (AvgIpc) is 3.54. The molecule has 9 heteroatoms. The molecule has 188 valence electrons. The van der Waals surface area contributed by atoms with Crippen molar-refractivity contribution in [1.29, 1.82) is 0 Å². The molecule has 2 heterocycles.